The van der Waals surface area contributed by atoms with Gasteiger partial charge in [-0.25, -0.2) is 12.7 Å². The van der Waals surface area contributed by atoms with Crippen LogP contribution in [0.15, 0.2) is 22.8 Å². The molecular weight excluding hydrogens is 382 g/mol. The Labute approximate surface area is 165 Å². The van der Waals surface area contributed by atoms with Crippen molar-refractivity contribution >= 4 is 21.8 Å². The second-order valence-corrected chi connectivity index (χ2v) is 10.3. The van der Waals surface area contributed by atoms with E-state index in [1.54, 1.807) is 17.0 Å². The topological polar surface area (TPSA) is 91.1 Å². The van der Waals surface area contributed by atoms with Gasteiger partial charge in [-0.2, -0.15) is 0 Å². The smallest absolute Gasteiger partial charge is 0.289 e. The molecule has 0 aliphatic carbocycles. The summed E-state index contributed by atoms with van der Waals surface area (Å²) in [4.78, 5) is 29.5. The number of sulfonamides is 1. The lowest BCUT2D eigenvalue weighted by Gasteiger charge is -2.46. The van der Waals surface area contributed by atoms with E-state index < -0.39 is 20.9 Å². The van der Waals surface area contributed by atoms with Gasteiger partial charge in [0.2, 0.25) is 15.9 Å². The summed E-state index contributed by atoms with van der Waals surface area (Å²) in [6.07, 6.45) is 4.61. The fourth-order valence-corrected chi connectivity index (χ4v) is 6.29. The highest BCUT2D eigenvalue weighted by Crippen LogP contribution is 2.58. The summed E-state index contributed by atoms with van der Waals surface area (Å²) in [6.45, 7) is 4.88. The predicted molar refractivity (Wildman–Crippen MR) is 102 cm³/mol. The highest BCUT2D eigenvalue weighted by Gasteiger charge is 2.66. The Morgan fingerprint density at radius 2 is 1.89 bits per heavy atom. The van der Waals surface area contributed by atoms with Gasteiger partial charge < -0.3 is 14.2 Å². The van der Waals surface area contributed by atoms with Crippen LogP contribution in [-0.4, -0.2) is 79.9 Å². The first-order valence-corrected chi connectivity index (χ1v) is 11.6. The Kier molecular flexibility index (Phi) is 4.58. The van der Waals surface area contributed by atoms with Gasteiger partial charge in [0.15, 0.2) is 5.76 Å². The van der Waals surface area contributed by atoms with Crippen LogP contribution < -0.4 is 0 Å². The average Bonchev–Trinajstić information content (AvgIpc) is 3.36. The number of amides is 2. The van der Waals surface area contributed by atoms with Crippen molar-refractivity contribution in [2.75, 3.05) is 45.5 Å². The number of carbonyl (C=O) groups excluding carboxylic acids is 2. The van der Waals surface area contributed by atoms with Crippen LogP contribution in [-0.2, 0) is 14.8 Å². The van der Waals surface area contributed by atoms with Gasteiger partial charge in [-0.3, -0.25) is 9.59 Å². The van der Waals surface area contributed by atoms with Crippen LogP contribution in [0.4, 0.5) is 0 Å². The minimum absolute atomic E-state index is 0.0759. The second kappa shape index (κ2) is 6.59. The SMILES string of the molecule is CCN1CCC2(CN(S(C)(=O)=O)CC23CCN(C(=O)c2ccco2)CC3)C1=O. The summed E-state index contributed by atoms with van der Waals surface area (Å²) < 4.78 is 31.3. The molecule has 9 heteroatoms. The predicted octanol–water partition coefficient (Wildman–Crippen LogP) is 1.02. The van der Waals surface area contributed by atoms with E-state index >= 15 is 0 Å². The van der Waals surface area contributed by atoms with Crippen molar-refractivity contribution in [3.8, 4) is 0 Å². The zero-order valence-electron chi connectivity index (χ0n) is 16.4. The molecule has 154 valence electrons. The molecule has 1 atom stereocenters. The molecule has 2 amide bonds. The van der Waals surface area contributed by atoms with Crippen molar-refractivity contribution < 1.29 is 22.4 Å². The van der Waals surface area contributed by atoms with Gasteiger partial charge in [-0.05, 0) is 38.3 Å². The molecule has 8 nitrogen and oxygen atoms in total. The van der Waals surface area contributed by atoms with Gasteiger partial charge in [-0.1, -0.05) is 0 Å². The van der Waals surface area contributed by atoms with Crippen LogP contribution in [0.5, 0.6) is 0 Å². The molecule has 4 heterocycles. The molecule has 1 unspecified atom stereocenters. The summed E-state index contributed by atoms with van der Waals surface area (Å²) >= 11 is 0. The van der Waals surface area contributed by atoms with Crippen molar-refractivity contribution in [2.45, 2.75) is 26.2 Å². The highest BCUT2D eigenvalue weighted by atomic mass is 32.2. The number of rotatable bonds is 3. The fourth-order valence-electron chi connectivity index (χ4n) is 5.36. The average molecular weight is 410 g/mol. The number of piperidine rings is 1. The van der Waals surface area contributed by atoms with E-state index in [2.05, 4.69) is 0 Å². The third kappa shape index (κ3) is 2.78. The van der Waals surface area contributed by atoms with Gasteiger partial charge in [0.25, 0.3) is 5.91 Å². The summed E-state index contributed by atoms with van der Waals surface area (Å²) in [5.74, 6) is 0.232. The standard InChI is InChI=1S/C19H27N3O5S/c1-3-20-11-8-19(17(20)24)14-22(28(2,25)26)13-18(19)6-9-21(10-7-18)16(23)15-5-4-12-27-15/h4-5,12H,3,6-11,13-14H2,1-2H3. The molecule has 3 aliphatic heterocycles. The normalized spacial score (nSPS) is 28.0. The maximum absolute atomic E-state index is 13.3. The van der Waals surface area contributed by atoms with Gasteiger partial charge in [0.1, 0.15) is 0 Å². The Morgan fingerprint density at radius 1 is 1.18 bits per heavy atom. The Bertz CT molecular complexity index is 873. The van der Waals surface area contributed by atoms with Gasteiger partial charge in [0, 0.05) is 44.7 Å². The minimum Gasteiger partial charge on any atom is -0.459 e. The maximum atomic E-state index is 13.3. The molecule has 28 heavy (non-hydrogen) atoms. The lowest BCUT2D eigenvalue weighted by atomic mass is 9.60. The monoisotopic (exact) mass is 409 g/mol. The molecule has 3 saturated heterocycles. The first-order chi connectivity index (χ1) is 13.2. The molecule has 1 aromatic heterocycles. The third-order valence-corrected chi connectivity index (χ3v) is 8.23. The number of nitrogens with zero attached hydrogens (tertiary/aromatic N) is 3. The van der Waals surface area contributed by atoms with E-state index in [9.17, 15) is 18.0 Å². The molecule has 0 radical (unpaired) electrons. The summed E-state index contributed by atoms with van der Waals surface area (Å²) in [5.41, 5.74) is -1.09. The van der Waals surface area contributed by atoms with E-state index in [1.807, 2.05) is 11.8 Å². The zero-order chi connectivity index (χ0) is 20.2. The number of likely N-dealkylation sites (tertiary alicyclic amines) is 2. The highest BCUT2D eigenvalue weighted by molar-refractivity contribution is 7.88. The van der Waals surface area contributed by atoms with Crippen LogP contribution in [0.25, 0.3) is 0 Å². The number of furan rings is 1. The van der Waals surface area contributed by atoms with Crippen molar-refractivity contribution in [1.82, 2.24) is 14.1 Å². The molecule has 0 aromatic carbocycles. The van der Waals surface area contributed by atoms with Crippen molar-refractivity contribution in [1.29, 1.82) is 0 Å². The molecule has 0 saturated carbocycles. The van der Waals surface area contributed by atoms with E-state index in [-0.39, 0.29) is 18.4 Å². The fraction of sp³-hybridized carbons (Fsp3) is 0.684. The Morgan fingerprint density at radius 3 is 2.43 bits per heavy atom. The molecule has 2 spiro atoms. The number of hydrogen-bond donors (Lipinski definition) is 0. The van der Waals surface area contributed by atoms with E-state index in [0.29, 0.717) is 57.7 Å². The van der Waals surface area contributed by atoms with Crippen molar-refractivity contribution in [3.63, 3.8) is 0 Å². The minimum atomic E-state index is -3.39. The van der Waals surface area contributed by atoms with Crippen molar-refractivity contribution in [3.05, 3.63) is 24.2 Å². The Balaban J connectivity index is 1.61. The largest absolute Gasteiger partial charge is 0.459 e. The van der Waals surface area contributed by atoms with E-state index in [4.69, 9.17) is 4.42 Å². The first kappa shape index (κ1) is 19.4. The molecule has 0 bridgehead atoms. The number of fused-ring (bicyclic) bond motifs is 1. The summed E-state index contributed by atoms with van der Waals surface area (Å²) in [7, 11) is -3.39. The first-order valence-electron chi connectivity index (χ1n) is 9.80. The molecule has 3 aliphatic rings. The quantitative estimate of drug-likeness (QED) is 0.743. The summed E-state index contributed by atoms with van der Waals surface area (Å²) in [5, 5.41) is 0. The molecule has 1 aromatic rings. The van der Waals surface area contributed by atoms with Gasteiger partial charge in [0.05, 0.1) is 17.9 Å². The van der Waals surface area contributed by atoms with Gasteiger partial charge in [-0.15, -0.1) is 0 Å². The lowest BCUT2D eigenvalue weighted by Crippen LogP contribution is -2.53. The van der Waals surface area contributed by atoms with Crippen LogP contribution in [0, 0.1) is 10.8 Å². The van der Waals surface area contributed by atoms with E-state index in [0.717, 1.165) is 0 Å². The maximum Gasteiger partial charge on any atom is 0.289 e. The van der Waals surface area contributed by atoms with E-state index in [1.165, 1.54) is 16.8 Å². The van der Waals surface area contributed by atoms with Crippen LogP contribution in [0.2, 0.25) is 0 Å². The Hall–Kier alpha value is -1.87. The molecular formula is C19H27N3O5S. The van der Waals surface area contributed by atoms with Crippen LogP contribution in [0.1, 0.15) is 36.7 Å². The molecule has 4 rings (SSSR count). The van der Waals surface area contributed by atoms with Crippen LogP contribution in [0.3, 0.4) is 0 Å². The van der Waals surface area contributed by atoms with Crippen molar-refractivity contribution in [2.24, 2.45) is 10.8 Å². The van der Waals surface area contributed by atoms with Gasteiger partial charge >= 0.3 is 0 Å². The molecule has 3 fully saturated rings. The number of carbonyl (C=O) groups is 2. The molecule has 0 N–H and O–H groups in total. The third-order valence-electron chi connectivity index (χ3n) is 7.04. The number of hydrogen-bond acceptors (Lipinski definition) is 5. The summed E-state index contributed by atoms with van der Waals surface area (Å²) in [6, 6.07) is 3.33. The zero-order valence-corrected chi connectivity index (χ0v) is 17.2. The second-order valence-electron chi connectivity index (χ2n) is 8.30. The lowest BCUT2D eigenvalue weighted by molar-refractivity contribution is -0.141. The van der Waals surface area contributed by atoms with Crippen LogP contribution >= 0.6 is 0 Å².